The Hall–Kier alpha value is -0.970. The van der Waals surface area contributed by atoms with Gasteiger partial charge < -0.3 is 4.74 Å². The number of aryl methyl sites for hydroxylation is 1. The van der Waals surface area contributed by atoms with Gasteiger partial charge in [0.25, 0.3) is 0 Å². The number of hydrogen-bond donors (Lipinski definition) is 2. The summed E-state index contributed by atoms with van der Waals surface area (Å²) in [7, 11) is 0. The molecule has 4 nitrogen and oxygen atoms in total. The predicted octanol–water partition coefficient (Wildman–Crippen LogP) is 2.15. The second-order valence-corrected chi connectivity index (χ2v) is 5.73. The van der Waals surface area contributed by atoms with Crippen LogP contribution in [0.1, 0.15) is 50.8 Å². The number of aromatic nitrogens is 1. The van der Waals surface area contributed by atoms with E-state index in [1.54, 1.807) is 0 Å². The predicted molar refractivity (Wildman–Crippen MR) is 76.7 cm³/mol. The van der Waals surface area contributed by atoms with E-state index in [1.165, 1.54) is 17.7 Å². The van der Waals surface area contributed by atoms with Crippen molar-refractivity contribution in [1.29, 1.82) is 0 Å². The van der Waals surface area contributed by atoms with Crippen molar-refractivity contribution in [3.8, 4) is 0 Å². The molecule has 1 aliphatic carbocycles. The minimum atomic E-state index is -0.305. The lowest BCUT2D eigenvalue weighted by molar-refractivity contribution is -0.0465. The molecule has 19 heavy (non-hydrogen) atoms. The largest absolute Gasteiger partial charge is 0.374 e. The minimum Gasteiger partial charge on any atom is -0.374 e. The normalized spacial score (nSPS) is 20.9. The smallest absolute Gasteiger partial charge is 0.0798 e. The molecular weight excluding hydrogens is 238 g/mol. The number of fused-ring (bicyclic) bond motifs is 1. The summed E-state index contributed by atoms with van der Waals surface area (Å²) in [5.41, 5.74) is 5.21. The van der Waals surface area contributed by atoms with Crippen LogP contribution in [-0.2, 0) is 11.2 Å². The second kappa shape index (κ2) is 5.99. The van der Waals surface area contributed by atoms with Gasteiger partial charge in [0.05, 0.1) is 11.6 Å². The molecule has 0 saturated carbocycles. The van der Waals surface area contributed by atoms with E-state index in [1.807, 2.05) is 19.2 Å². The molecule has 2 atom stereocenters. The van der Waals surface area contributed by atoms with Crippen molar-refractivity contribution in [3.05, 3.63) is 29.6 Å². The summed E-state index contributed by atoms with van der Waals surface area (Å²) in [6, 6.07) is 4.26. The third-order valence-electron chi connectivity index (χ3n) is 4.09. The van der Waals surface area contributed by atoms with E-state index in [-0.39, 0.29) is 11.6 Å². The van der Waals surface area contributed by atoms with Crippen LogP contribution in [0.25, 0.3) is 0 Å². The first-order valence-electron chi connectivity index (χ1n) is 7.14. The summed E-state index contributed by atoms with van der Waals surface area (Å²) in [4.78, 5) is 4.59. The number of hydrazine groups is 1. The molecule has 0 radical (unpaired) electrons. The molecule has 0 bridgehead atoms. The van der Waals surface area contributed by atoms with Crippen LogP contribution in [0.2, 0.25) is 0 Å². The highest BCUT2D eigenvalue weighted by molar-refractivity contribution is 5.28. The molecule has 1 aliphatic rings. The van der Waals surface area contributed by atoms with Crippen LogP contribution in [-0.4, -0.2) is 23.2 Å². The van der Waals surface area contributed by atoms with E-state index in [2.05, 4.69) is 30.3 Å². The van der Waals surface area contributed by atoms with Gasteiger partial charge in [-0.15, -0.1) is 0 Å². The van der Waals surface area contributed by atoms with Gasteiger partial charge in [0, 0.05) is 24.4 Å². The van der Waals surface area contributed by atoms with Crippen LogP contribution in [0.15, 0.2) is 18.3 Å². The molecule has 0 aliphatic heterocycles. The van der Waals surface area contributed by atoms with Gasteiger partial charge in [-0.25, -0.2) is 0 Å². The van der Waals surface area contributed by atoms with Crippen LogP contribution in [0.5, 0.6) is 0 Å². The van der Waals surface area contributed by atoms with Crippen LogP contribution >= 0.6 is 0 Å². The molecule has 106 valence electrons. The van der Waals surface area contributed by atoms with Crippen molar-refractivity contribution in [3.63, 3.8) is 0 Å². The molecule has 0 aromatic carbocycles. The summed E-state index contributed by atoms with van der Waals surface area (Å²) >= 11 is 0. The maximum absolute atomic E-state index is 5.88. The Kier molecular flexibility index (Phi) is 4.55. The first-order valence-corrected chi connectivity index (χ1v) is 7.14. The Bertz CT molecular complexity index is 420. The van der Waals surface area contributed by atoms with E-state index >= 15 is 0 Å². The maximum atomic E-state index is 5.88. The number of nitrogens with zero attached hydrogens (tertiary/aromatic N) is 1. The Morgan fingerprint density at radius 3 is 3.05 bits per heavy atom. The lowest BCUT2D eigenvalue weighted by Gasteiger charge is -2.40. The van der Waals surface area contributed by atoms with Crippen LogP contribution in [0.4, 0.5) is 0 Å². The van der Waals surface area contributed by atoms with Crippen molar-refractivity contribution in [2.45, 2.75) is 57.6 Å². The summed E-state index contributed by atoms with van der Waals surface area (Å²) in [5, 5.41) is 0. The molecule has 4 heteroatoms. The number of nitrogens with one attached hydrogen (secondary N) is 1. The topological polar surface area (TPSA) is 60.2 Å². The second-order valence-electron chi connectivity index (χ2n) is 5.73. The van der Waals surface area contributed by atoms with Crippen LogP contribution in [0.3, 0.4) is 0 Å². The van der Waals surface area contributed by atoms with Crippen molar-refractivity contribution < 1.29 is 4.74 Å². The molecule has 2 rings (SSSR count). The molecule has 1 aromatic heterocycles. The molecule has 0 fully saturated rings. The summed E-state index contributed by atoms with van der Waals surface area (Å²) in [6.45, 7) is 6.89. The molecule has 3 N–H and O–H groups in total. The zero-order valence-electron chi connectivity index (χ0n) is 12.1. The first kappa shape index (κ1) is 14.4. The van der Waals surface area contributed by atoms with E-state index in [0.29, 0.717) is 12.5 Å². The van der Waals surface area contributed by atoms with Crippen LogP contribution < -0.4 is 11.3 Å². The van der Waals surface area contributed by atoms with Crippen LogP contribution in [0, 0.1) is 0 Å². The molecule has 0 amide bonds. The number of rotatable bonds is 5. The Morgan fingerprint density at radius 1 is 1.58 bits per heavy atom. The van der Waals surface area contributed by atoms with Gasteiger partial charge in [0.15, 0.2) is 0 Å². The van der Waals surface area contributed by atoms with Gasteiger partial charge in [-0.3, -0.25) is 16.3 Å². The summed E-state index contributed by atoms with van der Waals surface area (Å²) in [6.07, 6.45) is 5.28. The third kappa shape index (κ3) is 2.96. The van der Waals surface area contributed by atoms with E-state index in [0.717, 1.165) is 12.8 Å². The SMILES string of the molecule is CCOC(C)(C)C(NN)C1CCCc2cccnc21. The molecule has 0 spiro atoms. The molecular formula is C15H25N3O. The maximum Gasteiger partial charge on any atom is 0.0798 e. The van der Waals surface area contributed by atoms with Crippen molar-refractivity contribution >= 4 is 0 Å². The van der Waals surface area contributed by atoms with Gasteiger partial charge in [-0.05, 0) is 51.7 Å². The lowest BCUT2D eigenvalue weighted by Crippen LogP contribution is -2.55. The van der Waals surface area contributed by atoms with Gasteiger partial charge in [0.2, 0.25) is 0 Å². The lowest BCUT2D eigenvalue weighted by atomic mass is 9.77. The standard InChI is InChI=1S/C15H25N3O/c1-4-19-15(2,3)14(18-16)12-9-5-7-11-8-6-10-17-13(11)12/h6,8,10,12,14,18H,4-5,7,9,16H2,1-3H3. The highest BCUT2D eigenvalue weighted by Gasteiger charge is 2.38. The fraction of sp³-hybridized carbons (Fsp3) is 0.667. The van der Waals surface area contributed by atoms with E-state index in [9.17, 15) is 0 Å². The highest BCUT2D eigenvalue weighted by Crippen LogP contribution is 2.36. The average Bonchev–Trinajstić information content (AvgIpc) is 2.39. The van der Waals surface area contributed by atoms with Crippen molar-refractivity contribution in [2.24, 2.45) is 5.84 Å². The summed E-state index contributed by atoms with van der Waals surface area (Å²) in [5.74, 6) is 6.14. The fourth-order valence-corrected chi connectivity index (χ4v) is 3.23. The third-order valence-corrected chi connectivity index (χ3v) is 4.09. The minimum absolute atomic E-state index is 0.0707. The number of hydrogen-bond acceptors (Lipinski definition) is 4. The van der Waals surface area contributed by atoms with Gasteiger partial charge >= 0.3 is 0 Å². The zero-order valence-corrected chi connectivity index (χ0v) is 12.1. The highest BCUT2D eigenvalue weighted by atomic mass is 16.5. The number of pyridine rings is 1. The van der Waals surface area contributed by atoms with Gasteiger partial charge in [-0.2, -0.15) is 0 Å². The van der Waals surface area contributed by atoms with Crippen molar-refractivity contribution in [1.82, 2.24) is 10.4 Å². The number of ether oxygens (including phenoxy) is 1. The quantitative estimate of drug-likeness (QED) is 0.631. The fourth-order valence-electron chi connectivity index (χ4n) is 3.23. The Balaban J connectivity index is 2.30. The summed E-state index contributed by atoms with van der Waals surface area (Å²) < 4.78 is 5.88. The van der Waals surface area contributed by atoms with Gasteiger partial charge in [0.1, 0.15) is 0 Å². The zero-order chi connectivity index (χ0) is 13.9. The molecule has 1 heterocycles. The first-order chi connectivity index (χ1) is 9.10. The molecule has 2 unspecified atom stereocenters. The van der Waals surface area contributed by atoms with E-state index < -0.39 is 0 Å². The monoisotopic (exact) mass is 263 g/mol. The molecule has 1 aromatic rings. The molecule has 0 saturated heterocycles. The Morgan fingerprint density at radius 2 is 2.37 bits per heavy atom. The van der Waals surface area contributed by atoms with Gasteiger partial charge in [-0.1, -0.05) is 6.07 Å². The number of nitrogens with two attached hydrogens (primary N) is 1. The van der Waals surface area contributed by atoms with E-state index in [4.69, 9.17) is 10.6 Å². The average molecular weight is 263 g/mol. The van der Waals surface area contributed by atoms with Crippen molar-refractivity contribution in [2.75, 3.05) is 6.61 Å². The Labute approximate surface area is 115 Å².